The molecule has 0 aromatic rings. The molecule has 0 aromatic heterocycles. The van der Waals surface area contributed by atoms with E-state index in [1.807, 2.05) is 0 Å². The molecule has 0 amide bonds. The highest BCUT2D eigenvalue weighted by Crippen LogP contribution is 2.45. The predicted molar refractivity (Wildman–Crippen MR) is 106 cm³/mol. The summed E-state index contributed by atoms with van der Waals surface area (Å²) in [5.74, 6) is 0. The molecule has 0 N–H and O–H groups in total. The zero-order valence-corrected chi connectivity index (χ0v) is 18.0. The summed E-state index contributed by atoms with van der Waals surface area (Å²) in [4.78, 5) is 0. The molecular formula is C19H42OSi2. The molecule has 0 unspecified atom stereocenters. The van der Waals surface area contributed by atoms with E-state index in [1.165, 1.54) is 69.9 Å². The summed E-state index contributed by atoms with van der Waals surface area (Å²) in [6.07, 6.45) is 12.7. The lowest BCUT2D eigenvalue weighted by Gasteiger charge is -2.51. The average Bonchev–Trinajstić information content (AvgIpc) is 2.56. The van der Waals surface area contributed by atoms with Gasteiger partial charge in [0.15, 0.2) is 7.83 Å². The molecule has 22 heavy (non-hydrogen) atoms. The molecule has 1 rings (SSSR count). The van der Waals surface area contributed by atoms with Gasteiger partial charge in [-0.25, -0.2) is 0 Å². The average molecular weight is 343 g/mol. The van der Waals surface area contributed by atoms with Crippen LogP contribution in [0.3, 0.4) is 0 Å². The van der Waals surface area contributed by atoms with Gasteiger partial charge in [-0.3, -0.25) is 0 Å². The third-order valence-electron chi connectivity index (χ3n) is 6.03. The van der Waals surface area contributed by atoms with E-state index in [2.05, 4.69) is 27.7 Å². The molecule has 1 nitrogen and oxygen atoms in total. The van der Waals surface area contributed by atoms with Crippen molar-refractivity contribution in [2.45, 2.75) is 116 Å². The third-order valence-corrected chi connectivity index (χ3v) is 25.0. The lowest BCUT2D eigenvalue weighted by atomic mass is 10.4. The second kappa shape index (κ2) is 11.0. The monoisotopic (exact) mass is 342 g/mol. The van der Waals surface area contributed by atoms with Crippen LogP contribution in [-0.4, -0.2) is 22.0 Å². The van der Waals surface area contributed by atoms with Crippen LogP contribution in [-0.2, 0) is 4.43 Å². The molecule has 0 saturated carbocycles. The highest BCUT2D eigenvalue weighted by atomic mass is 29.3. The van der Waals surface area contributed by atoms with E-state index in [-0.39, 0.29) is 0 Å². The maximum atomic E-state index is 6.88. The van der Waals surface area contributed by atoms with E-state index in [9.17, 15) is 0 Å². The lowest BCUT2D eigenvalue weighted by molar-refractivity contribution is 0.295. The molecule has 0 bridgehead atoms. The summed E-state index contributed by atoms with van der Waals surface area (Å²) in [6.45, 7) is 10.6. The molecule has 1 aliphatic rings. The SMILES string of the molecule is CCCC[Si]1(CCCC)CCCO[Si]1(CCCC)CCCC. The standard InChI is InChI=1S/C19H42OSi2/c1-5-9-15-21(16-10-6-2)17-13-14-20-22(21,18-11-7-3)19-12-8-4/h5-19H2,1-4H3. The second-order valence-electron chi connectivity index (χ2n) is 7.64. The van der Waals surface area contributed by atoms with Crippen molar-refractivity contribution in [3.05, 3.63) is 0 Å². The Balaban J connectivity index is 3.03. The number of rotatable bonds is 12. The summed E-state index contributed by atoms with van der Waals surface area (Å²) in [5, 5.41) is 0. The van der Waals surface area contributed by atoms with E-state index in [4.69, 9.17) is 4.43 Å². The Morgan fingerprint density at radius 3 is 1.59 bits per heavy atom. The van der Waals surface area contributed by atoms with Gasteiger partial charge < -0.3 is 4.43 Å². The van der Waals surface area contributed by atoms with Gasteiger partial charge in [0.1, 0.15) is 0 Å². The molecular weight excluding hydrogens is 300 g/mol. The fourth-order valence-electron chi connectivity index (χ4n) is 4.64. The van der Waals surface area contributed by atoms with Crippen LogP contribution in [0.15, 0.2) is 0 Å². The van der Waals surface area contributed by atoms with Gasteiger partial charge in [-0.1, -0.05) is 97.2 Å². The first-order valence-electron chi connectivity index (χ1n) is 10.3. The molecule has 3 heteroatoms. The van der Waals surface area contributed by atoms with Crippen molar-refractivity contribution in [2.75, 3.05) is 6.61 Å². The minimum absolute atomic E-state index is 1.10. The predicted octanol–water partition coefficient (Wildman–Crippen LogP) is 7.08. The first kappa shape index (κ1) is 20.4. The quantitative estimate of drug-likeness (QED) is 0.344. The summed E-state index contributed by atoms with van der Waals surface area (Å²) >= 11 is 0. The van der Waals surface area contributed by atoms with Crippen molar-refractivity contribution in [3.63, 3.8) is 0 Å². The zero-order chi connectivity index (χ0) is 16.3. The first-order valence-corrected chi connectivity index (χ1v) is 16.3. The Hall–Kier alpha value is 0.394. The molecule has 1 aliphatic heterocycles. The summed E-state index contributed by atoms with van der Waals surface area (Å²) in [7, 11) is -2.60. The molecule has 1 heterocycles. The minimum Gasteiger partial charge on any atom is -0.419 e. The van der Waals surface area contributed by atoms with Gasteiger partial charge in [0, 0.05) is 6.61 Å². The van der Waals surface area contributed by atoms with Crippen LogP contribution in [0, 0.1) is 0 Å². The second-order valence-corrected chi connectivity index (χ2v) is 20.9. The van der Waals surface area contributed by atoms with Gasteiger partial charge >= 0.3 is 0 Å². The Labute approximate surface area is 142 Å². The molecule has 1 fully saturated rings. The van der Waals surface area contributed by atoms with Crippen molar-refractivity contribution < 1.29 is 4.43 Å². The van der Waals surface area contributed by atoms with Crippen LogP contribution in [0.5, 0.6) is 0 Å². The summed E-state index contributed by atoms with van der Waals surface area (Å²) < 4.78 is 6.88. The van der Waals surface area contributed by atoms with E-state index in [0.29, 0.717) is 0 Å². The van der Waals surface area contributed by atoms with Crippen molar-refractivity contribution in [3.8, 4) is 0 Å². The van der Waals surface area contributed by atoms with Gasteiger partial charge in [-0.05, 0) is 18.5 Å². The smallest absolute Gasteiger partial charge is 0.180 e. The number of hydrogen-bond acceptors (Lipinski definition) is 1. The van der Waals surface area contributed by atoms with Gasteiger partial charge in [0.05, 0.1) is 7.59 Å². The van der Waals surface area contributed by atoms with Crippen molar-refractivity contribution in [1.82, 2.24) is 0 Å². The fraction of sp³-hybridized carbons (Fsp3) is 1.00. The highest BCUT2D eigenvalue weighted by Gasteiger charge is 2.55. The Bertz CT molecular complexity index is 237. The first-order chi connectivity index (χ1) is 10.7. The molecule has 132 valence electrons. The molecule has 1 saturated heterocycles. The summed E-state index contributed by atoms with van der Waals surface area (Å²) in [5.41, 5.74) is 0. The molecule has 0 aromatic carbocycles. The highest BCUT2D eigenvalue weighted by molar-refractivity contribution is 7.40. The van der Waals surface area contributed by atoms with Crippen LogP contribution in [0.25, 0.3) is 0 Å². The maximum absolute atomic E-state index is 6.88. The zero-order valence-electron chi connectivity index (χ0n) is 16.0. The lowest BCUT2D eigenvalue weighted by Crippen LogP contribution is -2.66. The Kier molecular flexibility index (Phi) is 10.3. The molecule has 0 radical (unpaired) electrons. The Morgan fingerprint density at radius 2 is 1.14 bits per heavy atom. The van der Waals surface area contributed by atoms with E-state index in [0.717, 1.165) is 6.61 Å². The van der Waals surface area contributed by atoms with E-state index >= 15 is 0 Å². The van der Waals surface area contributed by atoms with Crippen molar-refractivity contribution in [1.29, 1.82) is 0 Å². The van der Waals surface area contributed by atoms with Crippen LogP contribution in [0.2, 0.25) is 30.2 Å². The molecule has 0 aliphatic carbocycles. The van der Waals surface area contributed by atoms with Crippen LogP contribution in [0.4, 0.5) is 0 Å². The van der Waals surface area contributed by atoms with E-state index in [1.54, 1.807) is 18.1 Å². The minimum atomic E-state index is -1.44. The van der Waals surface area contributed by atoms with Gasteiger partial charge in [-0.2, -0.15) is 0 Å². The van der Waals surface area contributed by atoms with E-state index < -0.39 is 15.4 Å². The van der Waals surface area contributed by atoms with Crippen LogP contribution in [0.1, 0.15) is 85.5 Å². The fourth-order valence-corrected chi connectivity index (χ4v) is 25.1. The van der Waals surface area contributed by atoms with Crippen LogP contribution < -0.4 is 0 Å². The van der Waals surface area contributed by atoms with Gasteiger partial charge in [-0.15, -0.1) is 0 Å². The third kappa shape index (κ3) is 5.20. The largest absolute Gasteiger partial charge is 0.419 e. The topological polar surface area (TPSA) is 9.23 Å². The molecule has 0 atom stereocenters. The van der Waals surface area contributed by atoms with Crippen molar-refractivity contribution >= 4 is 15.4 Å². The Morgan fingerprint density at radius 1 is 0.682 bits per heavy atom. The number of hydrogen-bond donors (Lipinski definition) is 0. The van der Waals surface area contributed by atoms with Crippen LogP contribution >= 0.6 is 0 Å². The van der Waals surface area contributed by atoms with Gasteiger partial charge in [0.2, 0.25) is 0 Å². The van der Waals surface area contributed by atoms with Gasteiger partial charge in [0.25, 0.3) is 0 Å². The normalized spacial score (nSPS) is 20.2. The summed E-state index contributed by atoms with van der Waals surface area (Å²) in [6, 6.07) is 7.82. The number of unbranched alkanes of at least 4 members (excludes halogenated alkanes) is 4. The van der Waals surface area contributed by atoms with Crippen molar-refractivity contribution in [2.24, 2.45) is 0 Å². The maximum Gasteiger partial charge on any atom is 0.180 e. The molecule has 0 spiro atoms.